The summed E-state index contributed by atoms with van der Waals surface area (Å²) in [7, 11) is -1.82. The van der Waals surface area contributed by atoms with Crippen LogP contribution in [-0.2, 0) is 4.43 Å². The summed E-state index contributed by atoms with van der Waals surface area (Å²) in [6, 6.07) is 0. The predicted molar refractivity (Wildman–Crippen MR) is 91.5 cm³/mol. The fourth-order valence-electron chi connectivity index (χ4n) is 2.10. The summed E-state index contributed by atoms with van der Waals surface area (Å²) in [5.74, 6) is 0.593. The minimum Gasteiger partial charge on any atom is -0.413 e. The summed E-state index contributed by atoms with van der Waals surface area (Å²) in [5, 5.41) is 10.5. The minimum absolute atomic E-state index is 0.121. The molecule has 0 rings (SSSR count). The second-order valence-corrected chi connectivity index (χ2v) is 12.4. The molecular formula is C17H36O2Si. The van der Waals surface area contributed by atoms with Crippen molar-refractivity contribution < 1.29 is 9.53 Å². The highest BCUT2D eigenvalue weighted by Gasteiger charge is 2.42. The monoisotopic (exact) mass is 300 g/mol. The van der Waals surface area contributed by atoms with Gasteiger partial charge in [-0.05, 0) is 30.5 Å². The van der Waals surface area contributed by atoms with Crippen LogP contribution in [0.5, 0.6) is 0 Å². The quantitative estimate of drug-likeness (QED) is 0.505. The lowest BCUT2D eigenvalue weighted by molar-refractivity contribution is 0.00202. The van der Waals surface area contributed by atoms with E-state index >= 15 is 0 Å². The van der Waals surface area contributed by atoms with Crippen LogP contribution >= 0.6 is 0 Å². The maximum Gasteiger partial charge on any atom is 0.192 e. The Morgan fingerprint density at radius 1 is 1.25 bits per heavy atom. The van der Waals surface area contributed by atoms with E-state index in [0.29, 0.717) is 12.3 Å². The number of aliphatic hydroxyl groups excluding tert-OH is 1. The van der Waals surface area contributed by atoms with Crippen LogP contribution in [0.2, 0.25) is 18.1 Å². The van der Waals surface area contributed by atoms with E-state index < -0.39 is 8.32 Å². The Morgan fingerprint density at radius 3 is 2.10 bits per heavy atom. The Labute approximate surface area is 127 Å². The summed E-state index contributed by atoms with van der Waals surface area (Å²) < 4.78 is 6.63. The van der Waals surface area contributed by atoms with Gasteiger partial charge in [0, 0.05) is 5.92 Å². The van der Waals surface area contributed by atoms with Crippen molar-refractivity contribution in [2.45, 2.75) is 84.7 Å². The molecule has 4 atom stereocenters. The summed E-state index contributed by atoms with van der Waals surface area (Å²) in [5.41, 5.74) is 0. The zero-order valence-corrected chi connectivity index (χ0v) is 15.9. The fourth-order valence-corrected chi connectivity index (χ4v) is 3.58. The van der Waals surface area contributed by atoms with E-state index in [0.717, 1.165) is 6.42 Å². The van der Waals surface area contributed by atoms with Gasteiger partial charge in [0.25, 0.3) is 0 Å². The third kappa shape index (κ3) is 5.34. The molecule has 0 aromatic carbocycles. The zero-order valence-electron chi connectivity index (χ0n) is 14.9. The topological polar surface area (TPSA) is 29.5 Å². The van der Waals surface area contributed by atoms with E-state index in [1.807, 2.05) is 0 Å². The first-order valence-electron chi connectivity index (χ1n) is 7.94. The first-order valence-corrected chi connectivity index (χ1v) is 10.9. The van der Waals surface area contributed by atoms with E-state index in [1.54, 1.807) is 6.08 Å². The van der Waals surface area contributed by atoms with Gasteiger partial charge in [-0.15, -0.1) is 6.58 Å². The molecule has 1 N–H and O–H groups in total. The van der Waals surface area contributed by atoms with E-state index in [2.05, 4.69) is 61.2 Å². The van der Waals surface area contributed by atoms with Crippen molar-refractivity contribution in [2.24, 2.45) is 11.8 Å². The molecule has 0 aliphatic heterocycles. The molecule has 0 aliphatic carbocycles. The van der Waals surface area contributed by atoms with Crippen LogP contribution in [0.25, 0.3) is 0 Å². The first kappa shape index (κ1) is 19.9. The second kappa shape index (κ2) is 7.76. The molecule has 0 bridgehead atoms. The third-order valence-corrected chi connectivity index (χ3v) is 9.45. The molecule has 0 spiro atoms. The summed E-state index contributed by atoms with van der Waals surface area (Å²) >= 11 is 0. The van der Waals surface area contributed by atoms with Gasteiger partial charge in [-0.2, -0.15) is 0 Å². The number of aliphatic hydroxyl groups is 1. The van der Waals surface area contributed by atoms with Gasteiger partial charge in [-0.25, -0.2) is 0 Å². The summed E-state index contributed by atoms with van der Waals surface area (Å²) in [6.07, 6.45) is 3.26. The molecule has 0 unspecified atom stereocenters. The molecule has 20 heavy (non-hydrogen) atoms. The maximum absolute atomic E-state index is 10.3. The van der Waals surface area contributed by atoms with Crippen LogP contribution in [0.4, 0.5) is 0 Å². The molecule has 0 radical (unpaired) electrons. The zero-order chi connectivity index (χ0) is 16.1. The van der Waals surface area contributed by atoms with E-state index in [4.69, 9.17) is 4.43 Å². The van der Waals surface area contributed by atoms with Crippen LogP contribution in [0.15, 0.2) is 12.7 Å². The molecule has 0 fully saturated rings. The highest BCUT2D eigenvalue weighted by molar-refractivity contribution is 6.74. The molecule has 3 heteroatoms. The summed E-state index contributed by atoms with van der Waals surface area (Å²) in [6.45, 7) is 21.6. The summed E-state index contributed by atoms with van der Waals surface area (Å²) in [4.78, 5) is 0. The fraction of sp³-hybridized carbons (Fsp3) is 0.882. The van der Waals surface area contributed by atoms with Gasteiger partial charge in [0.15, 0.2) is 8.32 Å². The molecule has 120 valence electrons. The third-order valence-electron chi connectivity index (χ3n) is 4.97. The minimum atomic E-state index is -1.82. The highest BCUT2D eigenvalue weighted by Crippen LogP contribution is 2.40. The normalized spacial score (nSPS) is 19.2. The van der Waals surface area contributed by atoms with Crippen molar-refractivity contribution in [1.29, 1.82) is 0 Å². The van der Waals surface area contributed by atoms with Gasteiger partial charge >= 0.3 is 0 Å². The van der Waals surface area contributed by atoms with Crippen molar-refractivity contribution in [2.75, 3.05) is 0 Å². The van der Waals surface area contributed by atoms with Gasteiger partial charge in [0.1, 0.15) is 0 Å². The van der Waals surface area contributed by atoms with Crippen LogP contribution in [0, 0.1) is 11.8 Å². The Kier molecular flexibility index (Phi) is 7.72. The highest BCUT2D eigenvalue weighted by atomic mass is 28.4. The van der Waals surface area contributed by atoms with Gasteiger partial charge in [0.05, 0.1) is 12.2 Å². The molecule has 0 aromatic rings. The molecule has 0 saturated carbocycles. The van der Waals surface area contributed by atoms with Crippen molar-refractivity contribution >= 4 is 8.32 Å². The van der Waals surface area contributed by atoms with Gasteiger partial charge in [0.2, 0.25) is 0 Å². The molecule has 2 nitrogen and oxygen atoms in total. The Hall–Kier alpha value is -0.123. The van der Waals surface area contributed by atoms with Gasteiger partial charge in [-0.3, -0.25) is 0 Å². The average molecular weight is 301 g/mol. The molecule has 0 aliphatic rings. The average Bonchev–Trinajstić information content (AvgIpc) is 2.33. The van der Waals surface area contributed by atoms with Crippen LogP contribution in [0.3, 0.4) is 0 Å². The molecule has 0 heterocycles. The van der Waals surface area contributed by atoms with Gasteiger partial charge < -0.3 is 9.53 Å². The van der Waals surface area contributed by atoms with Crippen LogP contribution < -0.4 is 0 Å². The lowest BCUT2D eigenvalue weighted by Gasteiger charge is -2.43. The van der Waals surface area contributed by atoms with Crippen LogP contribution in [0.1, 0.15) is 54.4 Å². The van der Waals surface area contributed by atoms with Crippen molar-refractivity contribution in [1.82, 2.24) is 0 Å². The Bertz CT molecular complexity index is 294. The van der Waals surface area contributed by atoms with Crippen molar-refractivity contribution in [3.05, 3.63) is 12.7 Å². The van der Waals surface area contributed by atoms with Crippen LogP contribution in [-0.4, -0.2) is 25.6 Å². The smallest absolute Gasteiger partial charge is 0.192 e. The van der Waals surface area contributed by atoms with Gasteiger partial charge in [-0.1, -0.05) is 54.0 Å². The number of hydrogen-bond acceptors (Lipinski definition) is 2. The lowest BCUT2D eigenvalue weighted by Crippen LogP contribution is -2.49. The molecule has 0 saturated heterocycles. The Balaban J connectivity index is 5.13. The molecule has 0 aromatic heterocycles. The van der Waals surface area contributed by atoms with E-state index in [1.165, 1.54) is 0 Å². The van der Waals surface area contributed by atoms with Crippen molar-refractivity contribution in [3.8, 4) is 0 Å². The second-order valence-electron chi connectivity index (χ2n) is 7.68. The first-order chi connectivity index (χ1) is 8.97. The number of rotatable bonds is 8. The van der Waals surface area contributed by atoms with E-state index in [9.17, 15) is 5.11 Å². The standard InChI is InChI=1S/C17H36O2Si/c1-10-12-15(18)14(4)16(13(3)11-2)19-20(8,9)17(5,6)7/h10,13-16,18H,1,11-12H2,2-9H3/t13-,14+,15-,16+/m1/s1. The number of hydrogen-bond donors (Lipinski definition) is 1. The SMILES string of the molecule is C=CC[C@@H](O)[C@H](C)[C@@H](O[Si](C)(C)C(C)(C)C)[C@H](C)CC. The largest absolute Gasteiger partial charge is 0.413 e. The Morgan fingerprint density at radius 2 is 1.75 bits per heavy atom. The molecule has 0 amide bonds. The maximum atomic E-state index is 10.3. The lowest BCUT2D eigenvalue weighted by atomic mass is 9.87. The molecular weight excluding hydrogens is 264 g/mol. The van der Waals surface area contributed by atoms with Crippen molar-refractivity contribution in [3.63, 3.8) is 0 Å². The predicted octanol–water partition coefficient (Wildman–Crippen LogP) is 5.00. The van der Waals surface area contributed by atoms with E-state index in [-0.39, 0.29) is 23.2 Å².